The minimum absolute atomic E-state index is 0.0549. The Hall–Kier alpha value is -4.26. The number of benzene rings is 1. The van der Waals surface area contributed by atoms with Crippen LogP contribution in [-0.4, -0.2) is 76.3 Å². The summed E-state index contributed by atoms with van der Waals surface area (Å²) in [6.45, 7) is 3.96. The Morgan fingerprint density at radius 3 is 2.58 bits per heavy atom. The van der Waals surface area contributed by atoms with Gasteiger partial charge in [0.2, 0.25) is 17.7 Å². The summed E-state index contributed by atoms with van der Waals surface area (Å²) in [7, 11) is 1.92. The van der Waals surface area contributed by atoms with Gasteiger partial charge in [-0.2, -0.15) is 0 Å². The molecule has 0 bridgehead atoms. The molecule has 2 fully saturated rings. The highest BCUT2D eigenvalue weighted by Gasteiger charge is 2.60. The maximum absolute atomic E-state index is 13.2. The van der Waals surface area contributed by atoms with Crippen molar-refractivity contribution in [2.24, 2.45) is 10.4 Å². The van der Waals surface area contributed by atoms with Crippen LogP contribution in [0.25, 0.3) is 0 Å². The molecule has 1 aromatic heterocycles. The second kappa shape index (κ2) is 9.56. The molecule has 4 N–H and O–H groups in total. The summed E-state index contributed by atoms with van der Waals surface area (Å²) >= 11 is 0. The Balaban J connectivity index is 1.54. The number of hydrogen-bond acceptors (Lipinski definition) is 9. The molecule has 1 aromatic carbocycles. The van der Waals surface area contributed by atoms with Gasteiger partial charge < -0.3 is 14.9 Å². The summed E-state index contributed by atoms with van der Waals surface area (Å²) in [4.78, 5) is 73.4. The van der Waals surface area contributed by atoms with Gasteiger partial charge in [0.05, 0.1) is 11.7 Å². The van der Waals surface area contributed by atoms with Crippen LogP contribution < -0.4 is 26.8 Å². The van der Waals surface area contributed by atoms with E-state index in [4.69, 9.17) is 0 Å². The second-order valence-electron chi connectivity index (χ2n) is 9.93. The molecule has 4 amide bonds. The predicted octanol–water partition coefficient (Wildman–Crippen LogP) is -0.178. The number of nitrogens with one attached hydrogen (secondary N) is 3. The molecular formula is C25H29N7O6. The molecule has 3 aliphatic heterocycles. The van der Waals surface area contributed by atoms with Crippen molar-refractivity contribution in [1.29, 1.82) is 0 Å². The van der Waals surface area contributed by atoms with Gasteiger partial charge in [0.15, 0.2) is 5.41 Å². The van der Waals surface area contributed by atoms with Crippen molar-refractivity contribution in [2.45, 2.75) is 38.8 Å². The van der Waals surface area contributed by atoms with E-state index in [2.05, 4.69) is 20.6 Å². The number of anilines is 1. The van der Waals surface area contributed by atoms with Crippen molar-refractivity contribution in [1.82, 2.24) is 25.1 Å². The predicted molar refractivity (Wildman–Crippen MR) is 138 cm³/mol. The van der Waals surface area contributed by atoms with E-state index in [0.717, 1.165) is 23.2 Å². The quantitative estimate of drug-likeness (QED) is 0.309. The first-order valence-electron chi connectivity index (χ1n) is 12.5. The van der Waals surface area contributed by atoms with E-state index in [1.807, 2.05) is 29.8 Å². The number of hydrogen-bond donors (Lipinski definition) is 4. The molecule has 0 radical (unpaired) electrons. The van der Waals surface area contributed by atoms with E-state index in [9.17, 15) is 29.1 Å². The molecule has 4 heterocycles. The number of amides is 4. The van der Waals surface area contributed by atoms with Crippen molar-refractivity contribution >= 4 is 35.4 Å². The third-order valence-electron chi connectivity index (χ3n) is 7.54. The fourth-order valence-corrected chi connectivity index (χ4v) is 5.50. The highest BCUT2D eigenvalue weighted by atomic mass is 16.3. The van der Waals surface area contributed by atoms with Crippen LogP contribution in [-0.2, 0) is 22.6 Å². The monoisotopic (exact) mass is 523 g/mol. The van der Waals surface area contributed by atoms with Crippen LogP contribution in [0.4, 0.5) is 16.2 Å². The van der Waals surface area contributed by atoms with Gasteiger partial charge in [-0.3, -0.25) is 39.6 Å². The number of H-pyrrole nitrogens is 1. The van der Waals surface area contributed by atoms with Crippen LogP contribution in [0.3, 0.4) is 0 Å². The van der Waals surface area contributed by atoms with E-state index in [-0.39, 0.29) is 18.5 Å². The van der Waals surface area contributed by atoms with Crippen molar-refractivity contribution < 1.29 is 19.5 Å². The van der Waals surface area contributed by atoms with E-state index in [0.29, 0.717) is 30.8 Å². The fraction of sp³-hybridized carbons (Fsp3) is 0.440. The molecule has 1 atom stereocenters. The lowest BCUT2D eigenvalue weighted by molar-refractivity contribution is -0.147. The van der Waals surface area contributed by atoms with Crippen molar-refractivity contribution in [3.63, 3.8) is 0 Å². The number of aromatic hydroxyl groups is 1. The Morgan fingerprint density at radius 2 is 1.87 bits per heavy atom. The number of unbranched alkanes of at least 4 members (excludes halogenated alkanes) is 1. The zero-order valence-corrected chi connectivity index (χ0v) is 21.1. The van der Waals surface area contributed by atoms with Gasteiger partial charge in [-0.1, -0.05) is 13.3 Å². The van der Waals surface area contributed by atoms with E-state index < -0.39 is 46.4 Å². The van der Waals surface area contributed by atoms with E-state index >= 15 is 0 Å². The molecular weight excluding hydrogens is 494 g/mol. The van der Waals surface area contributed by atoms with Crippen molar-refractivity contribution in [2.75, 3.05) is 31.6 Å². The van der Waals surface area contributed by atoms with Crippen LogP contribution >= 0.6 is 0 Å². The maximum Gasteiger partial charge on any atom is 0.331 e. The first-order chi connectivity index (χ1) is 18.1. The highest BCUT2D eigenvalue weighted by Crippen LogP contribution is 2.45. The molecule has 200 valence electrons. The van der Waals surface area contributed by atoms with Gasteiger partial charge in [0, 0.05) is 38.1 Å². The Labute approximate surface area is 217 Å². The summed E-state index contributed by atoms with van der Waals surface area (Å²) in [5.41, 5.74) is -1.15. The normalized spacial score (nSPS) is 20.8. The van der Waals surface area contributed by atoms with Gasteiger partial charge in [-0.05, 0) is 43.7 Å². The number of barbiturate groups is 1. The molecule has 5 rings (SSSR count). The molecule has 2 saturated heterocycles. The largest absolute Gasteiger partial charge is 0.494 e. The first-order valence-corrected chi connectivity index (χ1v) is 12.5. The lowest BCUT2D eigenvalue weighted by Crippen LogP contribution is -2.74. The number of aromatic nitrogens is 2. The lowest BCUT2D eigenvalue weighted by atomic mass is 9.68. The van der Waals surface area contributed by atoms with Crippen LogP contribution in [0.5, 0.6) is 5.88 Å². The number of urea groups is 1. The Kier molecular flexibility index (Phi) is 6.39. The number of rotatable bonds is 5. The van der Waals surface area contributed by atoms with Crippen LogP contribution in [0, 0.1) is 5.41 Å². The molecule has 0 unspecified atom stereocenters. The second-order valence-corrected chi connectivity index (χ2v) is 9.93. The number of carbonyl (C=O) groups excluding carboxylic acids is 3. The van der Waals surface area contributed by atoms with Gasteiger partial charge in [-0.15, -0.1) is 0 Å². The molecule has 13 nitrogen and oxygen atoms in total. The third-order valence-corrected chi connectivity index (χ3v) is 7.54. The Bertz CT molecular complexity index is 1460. The standard InChI is InChI=1S/C25H29N7O6/c1-3-4-7-32-20(34)16(19(33)27-24(32)38)12-26-15-5-6-17-14(10-15)11-25(18-13-30(2)8-9-31(17)18)21(35)28-23(37)29-22(25)36/h5-6,10,12,18,34H,3-4,7-9,11,13H2,1-2H3,(H,27,33,38)(H2,28,29,35,36,37)/t18-/m1/s1. The van der Waals surface area contributed by atoms with Gasteiger partial charge in [0.1, 0.15) is 5.56 Å². The zero-order valence-electron chi connectivity index (χ0n) is 21.1. The SMILES string of the molecule is CCCCn1c(O)c(C=Nc2ccc3c(c2)CC2(C(=O)NC(=O)NC2=O)[C@H]2CN(C)CCN32)c(=O)[nH]c1=O. The summed E-state index contributed by atoms with van der Waals surface area (Å²) in [5, 5.41) is 15.1. The number of aliphatic imine (C=N–C) groups is 1. The minimum Gasteiger partial charge on any atom is -0.494 e. The van der Waals surface area contributed by atoms with Crippen molar-refractivity contribution in [3.8, 4) is 5.88 Å². The smallest absolute Gasteiger partial charge is 0.331 e. The number of aromatic amines is 1. The number of piperazine rings is 1. The summed E-state index contributed by atoms with van der Waals surface area (Å²) in [6, 6.07) is 4.00. The average molecular weight is 524 g/mol. The highest BCUT2D eigenvalue weighted by molar-refractivity contribution is 6.20. The molecule has 13 heteroatoms. The fourth-order valence-electron chi connectivity index (χ4n) is 5.50. The van der Waals surface area contributed by atoms with Crippen molar-refractivity contribution in [3.05, 3.63) is 50.2 Å². The molecule has 0 aliphatic carbocycles. The summed E-state index contributed by atoms with van der Waals surface area (Å²) < 4.78 is 1.10. The molecule has 1 spiro atoms. The van der Waals surface area contributed by atoms with E-state index in [1.54, 1.807) is 12.1 Å². The summed E-state index contributed by atoms with van der Waals surface area (Å²) in [6.07, 6.45) is 2.68. The lowest BCUT2D eigenvalue weighted by Gasteiger charge is -2.53. The zero-order chi connectivity index (χ0) is 27.2. The maximum atomic E-state index is 13.2. The molecule has 0 saturated carbocycles. The average Bonchev–Trinajstić information content (AvgIpc) is 2.86. The minimum atomic E-state index is -1.51. The number of likely N-dealkylation sites (N-methyl/N-ethyl adjacent to an activating group) is 1. The van der Waals surface area contributed by atoms with Gasteiger partial charge in [-0.25, -0.2) is 9.59 Å². The molecule has 2 aromatic rings. The van der Waals surface area contributed by atoms with Gasteiger partial charge in [0.25, 0.3) is 5.56 Å². The number of carbonyl (C=O) groups is 3. The van der Waals surface area contributed by atoms with Crippen LogP contribution in [0.2, 0.25) is 0 Å². The molecule has 3 aliphatic rings. The first kappa shape index (κ1) is 25.4. The number of nitrogens with zero attached hydrogens (tertiary/aromatic N) is 4. The van der Waals surface area contributed by atoms with Crippen LogP contribution in [0.15, 0.2) is 32.8 Å². The Morgan fingerprint density at radius 1 is 1.13 bits per heavy atom. The van der Waals surface area contributed by atoms with Gasteiger partial charge >= 0.3 is 11.7 Å². The number of fused-ring (bicyclic) bond motifs is 4. The van der Waals surface area contributed by atoms with E-state index in [1.165, 1.54) is 6.21 Å². The summed E-state index contributed by atoms with van der Waals surface area (Å²) in [5.74, 6) is -1.74. The third kappa shape index (κ3) is 4.08. The van der Waals surface area contributed by atoms with Crippen LogP contribution in [0.1, 0.15) is 30.9 Å². The molecule has 38 heavy (non-hydrogen) atoms. The number of imide groups is 2. The topological polar surface area (TPSA) is 169 Å².